The van der Waals surface area contributed by atoms with Crippen LogP contribution < -0.4 is 5.32 Å². The van der Waals surface area contributed by atoms with Gasteiger partial charge in [-0.15, -0.1) is 0 Å². The van der Waals surface area contributed by atoms with E-state index in [-0.39, 0.29) is 11.8 Å². The van der Waals surface area contributed by atoms with Crippen molar-refractivity contribution in [3.05, 3.63) is 23.4 Å². The molecule has 1 saturated heterocycles. The number of carbonyl (C=O) groups excluding carboxylic acids is 1. The van der Waals surface area contributed by atoms with Crippen molar-refractivity contribution in [1.82, 2.24) is 9.88 Å². The number of hydrogen-bond donors (Lipinski definition) is 2. The highest BCUT2D eigenvalue weighted by atomic mass is 16.3. The Hall–Kier alpha value is -1.62. The van der Waals surface area contributed by atoms with Crippen LogP contribution in [0.5, 0.6) is 0 Å². The maximum Gasteiger partial charge on any atom is 0.254 e. The van der Waals surface area contributed by atoms with Gasteiger partial charge in [0.1, 0.15) is 5.82 Å². The number of hydrogen-bond acceptors (Lipinski definition) is 4. The minimum absolute atomic E-state index is 0.0236. The second kappa shape index (κ2) is 6.22. The summed E-state index contributed by atoms with van der Waals surface area (Å²) in [5, 5.41) is 12.9. The molecule has 0 spiro atoms. The third kappa shape index (κ3) is 3.10. The third-order valence-corrected chi connectivity index (χ3v) is 3.95. The normalized spacial score (nSPS) is 22.7. The van der Waals surface area contributed by atoms with Crippen LogP contribution in [-0.2, 0) is 6.42 Å². The molecule has 0 radical (unpaired) electrons. The van der Waals surface area contributed by atoms with Crippen LogP contribution in [0.1, 0.15) is 36.3 Å². The fourth-order valence-corrected chi connectivity index (χ4v) is 2.44. The predicted molar refractivity (Wildman–Crippen MR) is 78.9 cm³/mol. The number of anilines is 1. The number of pyridine rings is 1. The summed E-state index contributed by atoms with van der Waals surface area (Å²) in [6, 6.07) is 3.61. The van der Waals surface area contributed by atoms with Gasteiger partial charge in [0.05, 0.1) is 6.10 Å². The third-order valence-electron chi connectivity index (χ3n) is 3.95. The highest BCUT2D eigenvalue weighted by Gasteiger charge is 2.28. The van der Waals surface area contributed by atoms with Crippen LogP contribution in [0.2, 0.25) is 0 Å². The quantitative estimate of drug-likeness (QED) is 0.879. The Morgan fingerprint density at radius 3 is 2.90 bits per heavy atom. The Morgan fingerprint density at radius 2 is 2.30 bits per heavy atom. The van der Waals surface area contributed by atoms with E-state index in [9.17, 15) is 9.90 Å². The summed E-state index contributed by atoms with van der Waals surface area (Å²) in [4.78, 5) is 18.7. The Balaban J connectivity index is 2.20. The van der Waals surface area contributed by atoms with Crippen LogP contribution in [0, 0.1) is 5.92 Å². The lowest BCUT2D eigenvalue weighted by Crippen LogP contribution is -2.45. The number of piperidine rings is 1. The summed E-state index contributed by atoms with van der Waals surface area (Å²) in [5.41, 5.74) is 1.54. The monoisotopic (exact) mass is 277 g/mol. The molecule has 0 saturated carbocycles. The van der Waals surface area contributed by atoms with Gasteiger partial charge in [-0.1, -0.05) is 13.8 Å². The van der Waals surface area contributed by atoms with Crippen molar-refractivity contribution in [1.29, 1.82) is 0 Å². The first-order valence-electron chi connectivity index (χ1n) is 7.21. The number of aliphatic hydroxyl groups excluding tert-OH is 1. The van der Waals surface area contributed by atoms with Gasteiger partial charge in [-0.3, -0.25) is 4.79 Å². The van der Waals surface area contributed by atoms with Gasteiger partial charge < -0.3 is 15.3 Å². The van der Waals surface area contributed by atoms with Crippen molar-refractivity contribution < 1.29 is 9.90 Å². The summed E-state index contributed by atoms with van der Waals surface area (Å²) in [7, 11) is 1.79. The van der Waals surface area contributed by atoms with E-state index < -0.39 is 6.10 Å². The van der Waals surface area contributed by atoms with Crippen molar-refractivity contribution in [3.63, 3.8) is 0 Å². The lowest BCUT2D eigenvalue weighted by Gasteiger charge is -2.34. The Morgan fingerprint density at radius 1 is 1.55 bits per heavy atom. The van der Waals surface area contributed by atoms with Gasteiger partial charge in [0.25, 0.3) is 5.91 Å². The molecule has 5 heteroatoms. The number of aryl methyl sites for hydroxylation is 1. The van der Waals surface area contributed by atoms with Gasteiger partial charge >= 0.3 is 0 Å². The second-order valence-electron chi connectivity index (χ2n) is 5.42. The zero-order valence-corrected chi connectivity index (χ0v) is 12.4. The van der Waals surface area contributed by atoms with Crippen LogP contribution in [-0.4, -0.2) is 47.1 Å². The first-order valence-corrected chi connectivity index (χ1v) is 7.21. The molecule has 0 bridgehead atoms. The molecular formula is C15H23N3O2. The summed E-state index contributed by atoms with van der Waals surface area (Å²) in [6.45, 7) is 5.16. The lowest BCUT2D eigenvalue weighted by atomic mass is 9.95. The fourth-order valence-electron chi connectivity index (χ4n) is 2.44. The van der Waals surface area contributed by atoms with Crippen molar-refractivity contribution in [3.8, 4) is 0 Å². The predicted octanol–water partition coefficient (Wildman–Crippen LogP) is 1.53. The SMILES string of the molecule is CCc1cc(C(=O)N2CCC(C)C(O)C2)cc(NC)n1. The first kappa shape index (κ1) is 14.8. The van der Waals surface area contributed by atoms with Gasteiger partial charge in [-0.05, 0) is 30.9 Å². The molecule has 2 unspecified atom stereocenters. The van der Waals surface area contributed by atoms with Gasteiger partial charge in [0.15, 0.2) is 0 Å². The highest BCUT2D eigenvalue weighted by Crippen LogP contribution is 2.20. The van der Waals surface area contributed by atoms with E-state index in [1.807, 2.05) is 19.9 Å². The standard InChI is InChI=1S/C15H23N3O2/c1-4-12-7-11(8-14(16-3)17-12)15(20)18-6-5-10(2)13(19)9-18/h7-8,10,13,19H,4-6,9H2,1-3H3,(H,16,17). The molecule has 1 aromatic heterocycles. The number of β-amino-alcohol motifs (C(OH)–C–C–N with tert-alkyl or cyclic N) is 1. The molecule has 0 aliphatic carbocycles. The van der Waals surface area contributed by atoms with Gasteiger partial charge in [-0.2, -0.15) is 0 Å². The number of amides is 1. The summed E-state index contributed by atoms with van der Waals surface area (Å²) in [6.07, 6.45) is 1.21. The maximum atomic E-state index is 12.5. The highest BCUT2D eigenvalue weighted by molar-refractivity contribution is 5.95. The number of aromatic nitrogens is 1. The number of nitrogens with one attached hydrogen (secondary N) is 1. The fraction of sp³-hybridized carbons (Fsp3) is 0.600. The van der Waals surface area contributed by atoms with Crippen LogP contribution >= 0.6 is 0 Å². The van der Waals surface area contributed by atoms with Crippen LogP contribution in [0.4, 0.5) is 5.82 Å². The van der Waals surface area contributed by atoms with E-state index in [1.54, 1.807) is 18.0 Å². The van der Waals surface area contributed by atoms with Gasteiger partial charge in [-0.25, -0.2) is 4.98 Å². The van der Waals surface area contributed by atoms with E-state index >= 15 is 0 Å². The molecule has 110 valence electrons. The molecule has 2 N–H and O–H groups in total. The number of rotatable bonds is 3. The molecule has 2 atom stereocenters. The van der Waals surface area contributed by atoms with Crippen LogP contribution in [0.25, 0.3) is 0 Å². The topological polar surface area (TPSA) is 65.5 Å². The molecule has 2 heterocycles. The molecule has 1 amide bonds. The smallest absolute Gasteiger partial charge is 0.254 e. The van der Waals surface area contributed by atoms with E-state index in [0.29, 0.717) is 24.5 Å². The molecule has 0 aromatic carbocycles. The van der Waals surface area contributed by atoms with E-state index in [4.69, 9.17) is 0 Å². The molecule has 1 aromatic rings. The number of nitrogens with zero attached hydrogens (tertiary/aromatic N) is 2. The van der Waals surface area contributed by atoms with Gasteiger partial charge in [0, 0.05) is 31.4 Å². The maximum absolute atomic E-state index is 12.5. The molecule has 1 fully saturated rings. The molecular weight excluding hydrogens is 254 g/mol. The second-order valence-corrected chi connectivity index (χ2v) is 5.42. The molecule has 1 aliphatic heterocycles. The minimum atomic E-state index is -0.427. The van der Waals surface area contributed by atoms with E-state index in [2.05, 4.69) is 10.3 Å². The minimum Gasteiger partial charge on any atom is -0.391 e. The summed E-state index contributed by atoms with van der Waals surface area (Å²) in [5.74, 6) is 0.943. The van der Waals surface area contributed by atoms with Crippen molar-refractivity contribution in [2.24, 2.45) is 5.92 Å². The Kier molecular flexibility index (Phi) is 4.60. The first-order chi connectivity index (χ1) is 9.55. The average Bonchev–Trinajstić information content (AvgIpc) is 2.48. The van der Waals surface area contributed by atoms with Crippen LogP contribution in [0.3, 0.4) is 0 Å². The number of aliphatic hydroxyl groups is 1. The van der Waals surface area contributed by atoms with E-state index in [1.165, 1.54) is 0 Å². The summed E-state index contributed by atoms with van der Waals surface area (Å²) < 4.78 is 0. The Bertz CT molecular complexity index is 468. The Labute approximate surface area is 120 Å². The lowest BCUT2D eigenvalue weighted by molar-refractivity contribution is 0.0248. The molecule has 5 nitrogen and oxygen atoms in total. The number of likely N-dealkylation sites (tertiary alicyclic amines) is 1. The van der Waals surface area contributed by atoms with Crippen LogP contribution in [0.15, 0.2) is 12.1 Å². The van der Waals surface area contributed by atoms with Crippen molar-refractivity contribution in [2.75, 3.05) is 25.5 Å². The molecule has 2 rings (SSSR count). The number of carbonyl (C=O) groups is 1. The average molecular weight is 277 g/mol. The molecule has 1 aliphatic rings. The van der Waals surface area contributed by atoms with Crippen molar-refractivity contribution in [2.45, 2.75) is 32.8 Å². The zero-order valence-electron chi connectivity index (χ0n) is 12.4. The van der Waals surface area contributed by atoms with Gasteiger partial charge in [0.2, 0.25) is 0 Å². The molecule has 20 heavy (non-hydrogen) atoms. The van der Waals surface area contributed by atoms with Crippen molar-refractivity contribution >= 4 is 11.7 Å². The largest absolute Gasteiger partial charge is 0.391 e. The zero-order chi connectivity index (χ0) is 14.7. The van der Waals surface area contributed by atoms with E-state index in [0.717, 1.165) is 18.5 Å². The summed E-state index contributed by atoms with van der Waals surface area (Å²) >= 11 is 0.